The molecule has 2 rings (SSSR count). The second kappa shape index (κ2) is 5.09. The first-order valence-electron chi connectivity index (χ1n) is 5.24. The first-order chi connectivity index (χ1) is 7.34. The molecule has 0 unspecified atom stereocenters. The Morgan fingerprint density at radius 1 is 1.47 bits per heavy atom. The highest BCUT2D eigenvalue weighted by Crippen LogP contribution is 2.13. The Morgan fingerprint density at radius 3 is 3.00 bits per heavy atom. The van der Waals surface area contributed by atoms with Crippen molar-refractivity contribution in [1.29, 1.82) is 0 Å². The number of pyridine rings is 1. The van der Waals surface area contributed by atoms with E-state index in [4.69, 9.17) is 15.2 Å². The molecule has 1 saturated heterocycles. The third-order valence-corrected chi connectivity index (χ3v) is 2.50. The number of ether oxygens (including phenoxy) is 2. The van der Waals surface area contributed by atoms with E-state index in [9.17, 15) is 0 Å². The van der Waals surface area contributed by atoms with Gasteiger partial charge in [-0.1, -0.05) is 0 Å². The molecule has 1 aromatic rings. The average Bonchev–Trinajstić information content (AvgIpc) is 2.28. The lowest BCUT2D eigenvalue weighted by molar-refractivity contribution is -0.0390. The molecular weight excluding hydrogens is 192 g/mol. The van der Waals surface area contributed by atoms with E-state index in [0.29, 0.717) is 18.5 Å². The summed E-state index contributed by atoms with van der Waals surface area (Å²) in [6.07, 6.45) is 4.01. The van der Waals surface area contributed by atoms with Crippen LogP contribution in [0.2, 0.25) is 0 Å². The fourth-order valence-corrected chi connectivity index (χ4v) is 1.64. The van der Waals surface area contributed by atoms with Crippen LogP contribution in [0.25, 0.3) is 0 Å². The highest BCUT2D eigenvalue weighted by Gasteiger charge is 2.13. The summed E-state index contributed by atoms with van der Waals surface area (Å²) in [5.74, 6) is 0.545. The first-order valence-corrected chi connectivity index (χ1v) is 5.24. The topological polar surface area (TPSA) is 57.4 Å². The van der Waals surface area contributed by atoms with Gasteiger partial charge in [-0.25, -0.2) is 4.98 Å². The molecule has 0 atom stereocenters. The number of rotatable bonds is 3. The zero-order chi connectivity index (χ0) is 10.5. The van der Waals surface area contributed by atoms with Gasteiger partial charge in [-0.3, -0.25) is 0 Å². The second-order valence-corrected chi connectivity index (χ2v) is 3.71. The van der Waals surface area contributed by atoms with Gasteiger partial charge in [-0.15, -0.1) is 0 Å². The van der Waals surface area contributed by atoms with Crippen molar-refractivity contribution in [3.63, 3.8) is 0 Å². The van der Waals surface area contributed by atoms with Crippen LogP contribution in [0, 0.1) is 0 Å². The van der Waals surface area contributed by atoms with Gasteiger partial charge in [0.25, 0.3) is 0 Å². The van der Waals surface area contributed by atoms with Gasteiger partial charge in [0.1, 0.15) is 5.82 Å². The molecule has 0 bridgehead atoms. The van der Waals surface area contributed by atoms with Crippen molar-refractivity contribution in [1.82, 2.24) is 4.98 Å². The minimum Gasteiger partial charge on any atom is -0.384 e. The third-order valence-electron chi connectivity index (χ3n) is 2.50. The molecule has 15 heavy (non-hydrogen) atoms. The molecule has 1 aliphatic rings. The van der Waals surface area contributed by atoms with Crippen molar-refractivity contribution in [2.24, 2.45) is 0 Å². The Labute approximate surface area is 89.4 Å². The van der Waals surface area contributed by atoms with E-state index in [1.165, 1.54) is 0 Å². The van der Waals surface area contributed by atoms with E-state index in [1.807, 2.05) is 12.1 Å². The van der Waals surface area contributed by atoms with Gasteiger partial charge in [0.15, 0.2) is 0 Å². The standard InChI is InChI=1S/C11H16N2O2/c12-11-7-9(1-4-13-11)8-15-10-2-5-14-6-3-10/h1,4,7,10H,2-3,5-6,8H2,(H2,12,13). The number of anilines is 1. The van der Waals surface area contributed by atoms with Gasteiger partial charge < -0.3 is 15.2 Å². The maximum absolute atomic E-state index is 5.76. The molecule has 0 amide bonds. The molecule has 2 N–H and O–H groups in total. The molecule has 1 aromatic heterocycles. The summed E-state index contributed by atoms with van der Waals surface area (Å²) in [5.41, 5.74) is 6.66. The second-order valence-electron chi connectivity index (χ2n) is 3.71. The number of nitrogens with zero attached hydrogens (tertiary/aromatic N) is 1. The minimum absolute atomic E-state index is 0.327. The SMILES string of the molecule is Nc1cc(COC2CCOCC2)ccn1. The number of aromatic nitrogens is 1. The Morgan fingerprint density at radius 2 is 2.27 bits per heavy atom. The number of hydrogen-bond acceptors (Lipinski definition) is 4. The maximum Gasteiger partial charge on any atom is 0.123 e. The monoisotopic (exact) mass is 208 g/mol. The van der Waals surface area contributed by atoms with Crippen LogP contribution in [0.1, 0.15) is 18.4 Å². The number of nitrogens with two attached hydrogens (primary N) is 1. The van der Waals surface area contributed by atoms with Gasteiger partial charge in [-0.2, -0.15) is 0 Å². The van der Waals surface area contributed by atoms with E-state index < -0.39 is 0 Å². The molecule has 82 valence electrons. The molecule has 0 spiro atoms. The van der Waals surface area contributed by atoms with Gasteiger partial charge >= 0.3 is 0 Å². The Bertz CT molecular complexity index is 311. The zero-order valence-electron chi connectivity index (χ0n) is 8.69. The highest BCUT2D eigenvalue weighted by atomic mass is 16.5. The summed E-state index contributed by atoms with van der Waals surface area (Å²) in [6.45, 7) is 2.23. The molecule has 4 nitrogen and oxygen atoms in total. The van der Waals surface area contributed by atoms with E-state index in [1.54, 1.807) is 6.20 Å². The predicted octanol–water partition coefficient (Wildman–Crippen LogP) is 1.36. The van der Waals surface area contributed by atoms with Crippen LogP contribution in [-0.2, 0) is 16.1 Å². The molecule has 0 aliphatic carbocycles. The quantitative estimate of drug-likeness (QED) is 0.814. The van der Waals surface area contributed by atoms with Crippen molar-refractivity contribution < 1.29 is 9.47 Å². The van der Waals surface area contributed by atoms with Gasteiger partial charge in [0.05, 0.1) is 12.7 Å². The molecule has 0 radical (unpaired) electrons. The first kappa shape index (κ1) is 10.4. The third kappa shape index (κ3) is 3.18. The predicted molar refractivity (Wildman–Crippen MR) is 57.3 cm³/mol. The van der Waals surface area contributed by atoms with Crippen molar-refractivity contribution in [2.75, 3.05) is 18.9 Å². The molecule has 1 fully saturated rings. The van der Waals surface area contributed by atoms with Crippen LogP contribution < -0.4 is 5.73 Å². The fourth-order valence-electron chi connectivity index (χ4n) is 1.64. The normalized spacial score (nSPS) is 17.9. The average molecular weight is 208 g/mol. The summed E-state index contributed by atoms with van der Waals surface area (Å²) in [6, 6.07) is 3.77. The van der Waals surface area contributed by atoms with Gasteiger partial charge in [0, 0.05) is 19.4 Å². The van der Waals surface area contributed by atoms with E-state index in [2.05, 4.69) is 4.98 Å². The summed E-state index contributed by atoms with van der Waals surface area (Å²) in [5, 5.41) is 0. The number of hydrogen-bond donors (Lipinski definition) is 1. The summed E-state index contributed by atoms with van der Waals surface area (Å²) in [4.78, 5) is 3.94. The smallest absolute Gasteiger partial charge is 0.123 e. The zero-order valence-corrected chi connectivity index (χ0v) is 8.69. The van der Waals surface area contributed by atoms with Crippen molar-refractivity contribution >= 4 is 5.82 Å². The summed E-state index contributed by atoms with van der Waals surface area (Å²) in [7, 11) is 0. The van der Waals surface area contributed by atoms with Gasteiger partial charge in [-0.05, 0) is 30.5 Å². The lowest BCUT2D eigenvalue weighted by Crippen LogP contribution is -2.23. The van der Waals surface area contributed by atoms with E-state index in [0.717, 1.165) is 31.6 Å². The molecule has 0 aromatic carbocycles. The molecule has 2 heterocycles. The minimum atomic E-state index is 0.327. The van der Waals surface area contributed by atoms with E-state index in [-0.39, 0.29) is 0 Å². The lowest BCUT2D eigenvalue weighted by atomic mass is 10.1. The molecule has 0 saturated carbocycles. The molecular formula is C11H16N2O2. The summed E-state index contributed by atoms with van der Waals surface area (Å²) < 4.78 is 11.0. The fraction of sp³-hybridized carbons (Fsp3) is 0.545. The number of nitrogen functional groups attached to an aromatic ring is 1. The van der Waals surface area contributed by atoms with Crippen molar-refractivity contribution in [3.05, 3.63) is 23.9 Å². The van der Waals surface area contributed by atoms with Crippen LogP contribution in [0.5, 0.6) is 0 Å². The van der Waals surface area contributed by atoms with Crippen LogP contribution in [0.4, 0.5) is 5.82 Å². The Balaban J connectivity index is 1.81. The van der Waals surface area contributed by atoms with Crippen LogP contribution >= 0.6 is 0 Å². The lowest BCUT2D eigenvalue weighted by Gasteiger charge is -2.22. The largest absolute Gasteiger partial charge is 0.384 e. The maximum atomic E-state index is 5.76. The summed E-state index contributed by atoms with van der Waals surface area (Å²) >= 11 is 0. The highest BCUT2D eigenvalue weighted by molar-refractivity contribution is 5.31. The van der Waals surface area contributed by atoms with Crippen LogP contribution in [0.15, 0.2) is 18.3 Å². The van der Waals surface area contributed by atoms with Crippen LogP contribution in [0.3, 0.4) is 0 Å². The van der Waals surface area contributed by atoms with Gasteiger partial charge in [0.2, 0.25) is 0 Å². The Hall–Kier alpha value is -1.13. The van der Waals surface area contributed by atoms with Crippen molar-refractivity contribution in [2.45, 2.75) is 25.6 Å². The van der Waals surface area contributed by atoms with Crippen molar-refractivity contribution in [3.8, 4) is 0 Å². The molecule has 4 heteroatoms. The molecule has 1 aliphatic heterocycles. The van der Waals surface area contributed by atoms with E-state index >= 15 is 0 Å². The Kier molecular flexibility index (Phi) is 3.53. The van der Waals surface area contributed by atoms with Crippen LogP contribution in [-0.4, -0.2) is 24.3 Å².